The van der Waals surface area contributed by atoms with Gasteiger partial charge in [0.25, 0.3) is 0 Å². The Morgan fingerprint density at radius 2 is 2.09 bits per heavy atom. The first-order valence-corrected chi connectivity index (χ1v) is 7.68. The molecule has 1 fully saturated rings. The Bertz CT molecular complexity index is 575. The van der Waals surface area contributed by atoms with Crippen molar-refractivity contribution in [3.05, 3.63) is 34.9 Å². The maximum Gasteiger partial charge on any atom is 0.412 e. The zero-order valence-corrected chi connectivity index (χ0v) is 13.5. The summed E-state index contributed by atoms with van der Waals surface area (Å²) in [7, 11) is 1.51. The second-order valence-electron chi connectivity index (χ2n) is 5.51. The quantitative estimate of drug-likeness (QED) is 0.867. The molecule has 0 spiro atoms. The molecule has 22 heavy (non-hydrogen) atoms. The molecule has 1 aromatic rings. The monoisotopic (exact) mass is 325 g/mol. The third kappa shape index (κ3) is 2.96. The van der Waals surface area contributed by atoms with Gasteiger partial charge >= 0.3 is 6.09 Å². The van der Waals surface area contributed by atoms with Crippen LogP contribution in [0.1, 0.15) is 38.2 Å². The summed E-state index contributed by atoms with van der Waals surface area (Å²) in [4.78, 5) is 26.2. The molecular weight excluding hydrogens is 306 g/mol. The van der Waals surface area contributed by atoms with Crippen molar-refractivity contribution in [2.75, 3.05) is 7.05 Å². The Labute approximate surface area is 134 Å². The van der Waals surface area contributed by atoms with Gasteiger partial charge < -0.3 is 9.84 Å². The molecule has 6 heteroatoms. The fraction of sp³-hybridized carbons (Fsp3) is 0.500. The second-order valence-corrected chi connectivity index (χ2v) is 5.92. The second kappa shape index (κ2) is 6.67. The maximum absolute atomic E-state index is 12.7. The van der Waals surface area contributed by atoms with Crippen LogP contribution >= 0.6 is 11.6 Å². The zero-order chi connectivity index (χ0) is 16.3. The van der Waals surface area contributed by atoms with E-state index in [1.54, 1.807) is 24.3 Å². The molecule has 1 N–H and O–H groups in total. The molecule has 1 aromatic carbocycles. The fourth-order valence-corrected chi connectivity index (χ4v) is 3.30. The number of likely N-dealkylation sites (N-methyl/N-ethyl adjacent to an activating group) is 1. The molecule has 1 aliphatic rings. The number of aliphatic hydroxyl groups excluding tert-OH is 1. The van der Waals surface area contributed by atoms with Gasteiger partial charge in [-0.1, -0.05) is 29.8 Å². The van der Waals surface area contributed by atoms with Crippen molar-refractivity contribution in [1.82, 2.24) is 4.90 Å². The Hall–Kier alpha value is -1.59. The smallest absolute Gasteiger partial charge is 0.412 e. The summed E-state index contributed by atoms with van der Waals surface area (Å²) >= 11 is 6.29. The Morgan fingerprint density at radius 3 is 2.68 bits per heavy atom. The molecular formula is C16H20ClNO4. The van der Waals surface area contributed by atoms with Gasteiger partial charge in [0.2, 0.25) is 0 Å². The average Bonchev–Trinajstić information content (AvgIpc) is 2.47. The highest BCUT2D eigenvalue weighted by atomic mass is 35.5. The van der Waals surface area contributed by atoms with Gasteiger partial charge in [-0.25, -0.2) is 4.79 Å². The lowest BCUT2D eigenvalue weighted by atomic mass is 9.74. The van der Waals surface area contributed by atoms with Crippen LogP contribution in [-0.4, -0.2) is 35.2 Å². The Kier molecular flexibility index (Phi) is 5.08. The van der Waals surface area contributed by atoms with Crippen molar-refractivity contribution in [1.29, 1.82) is 0 Å². The normalized spacial score (nSPS) is 23.0. The standard InChI is InChI=1S/C16H20ClNO4/c1-11(19)22-15(21)18(2)16(10-6-5-9-14(16)20)12-7-3-4-8-13(12)17/h3-4,7-8,11,19H,5-6,9-10H2,1-2H3/t11?,16-/m0/s1. The number of hydrogen-bond acceptors (Lipinski definition) is 4. The number of ketones is 1. The summed E-state index contributed by atoms with van der Waals surface area (Å²) in [6.07, 6.45) is 0.494. The van der Waals surface area contributed by atoms with Crippen LogP contribution in [0.2, 0.25) is 5.02 Å². The van der Waals surface area contributed by atoms with Crippen molar-refractivity contribution in [2.45, 2.75) is 44.4 Å². The van der Waals surface area contributed by atoms with Crippen LogP contribution in [0.3, 0.4) is 0 Å². The molecule has 0 radical (unpaired) electrons. The highest BCUT2D eigenvalue weighted by molar-refractivity contribution is 6.31. The third-order valence-electron chi connectivity index (χ3n) is 4.09. The van der Waals surface area contributed by atoms with E-state index in [4.69, 9.17) is 16.3 Å². The van der Waals surface area contributed by atoms with E-state index in [0.717, 1.165) is 12.8 Å². The summed E-state index contributed by atoms with van der Waals surface area (Å²) in [6, 6.07) is 7.03. The lowest BCUT2D eigenvalue weighted by Crippen LogP contribution is -2.54. The van der Waals surface area contributed by atoms with E-state index >= 15 is 0 Å². The maximum atomic E-state index is 12.7. The van der Waals surface area contributed by atoms with Gasteiger partial charge in [-0.3, -0.25) is 9.69 Å². The molecule has 1 amide bonds. The van der Waals surface area contributed by atoms with Crippen LogP contribution in [0.5, 0.6) is 0 Å². The zero-order valence-electron chi connectivity index (χ0n) is 12.7. The first-order valence-electron chi connectivity index (χ1n) is 7.30. The van der Waals surface area contributed by atoms with Gasteiger partial charge in [-0.2, -0.15) is 0 Å². The van der Waals surface area contributed by atoms with Crippen molar-refractivity contribution in [2.24, 2.45) is 0 Å². The minimum absolute atomic E-state index is 0.0584. The molecule has 0 aromatic heterocycles. The van der Waals surface area contributed by atoms with Crippen LogP contribution in [0.4, 0.5) is 4.79 Å². The van der Waals surface area contributed by atoms with Gasteiger partial charge in [0.15, 0.2) is 12.1 Å². The third-order valence-corrected chi connectivity index (χ3v) is 4.42. The molecule has 0 heterocycles. The Morgan fingerprint density at radius 1 is 1.41 bits per heavy atom. The highest BCUT2D eigenvalue weighted by Crippen LogP contribution is 2.42. The van der Waals surface area contributed by atoms with Gasteiger partial charge in [-0.15, -0.1) is 0 Å². The van der Waals surface area contributed by atoms with Crippen molar-refractivity contribution in [3.8, 4) is 0 Å². The number of benzene rings is 1. The molecule has 0 saturated heterocycles. The minimum Gasteiger partial charge on any atom is -0.420 e. The lowest BCUT2D eigenvalue weighted by Gasteiger charge is -2.43. The van der Waals surface area contributed by atoms with Crippen molar-refractivity contribution in [3.63, 3.8) is 0 Å². The number of halogens is 1. The topological polar surface area (TPSA) is 66.8 Å². The first-order chi connectivity index (χ1) is 10.4. The molecule has 1 saturated carbocycles. The number of nitrogens with zero attached hydrogens (tertiary/aromatic N) is 1. The summed E-state index contributed by atoms with van der Waals surface area (Å²) in [5.74, 6) is -0.0584. The van der Waals surface area contributed by atoms with E-state index in [9.17, 15) is 14.7 Å². The molecule has 2 atom stereocenters. The van der Waals surface area contributed by atoms with Gasteiger partial charge in [0, 0.05) is 24.1 Å². The number of carbonyl (C=O) groups is 2. The number of ether oxygens (including phenoxy) is 1. The van der Waals surface area contributed by atoms with Crippen molar-refractivity contribution >= 4 is 23.5 Å². The summed E-state index contributed by atoms with van der Waals surface area (Å²) in [6.45, 7) is 1.34. The van der Waals surface area contributed by atoms with Gasteiger partial charge in [0.1, 0.15) is 5.54 Å². The number of rotatable bonds is 3. The lowest BCUT2D eigenvalue weighted by molar-refractivity contribution is -0.135. The van der Waals surface area contributed by atoms with E-state index in [2.05, 4.69) is 0 Å². The fourth-order valence-electron chi connectivity index (χ4n) is 3.01. The predicted molar refractivity (Wildman–Crippen MR) is 82.5 cm³/mol. The molecule has 0 bridgehead atoms. The number of aliphatic hydroxyl groups is 1. The largest absolute Gasteiger partial charge is 0.420 e. The SMILES string of the molecule is CC(O)OC(=O)N(C)[C@]1(c2ccccc2Cl)CCCCC1=O. The summed E-state index contributed by atoms with van der Waals surface area (Å²) < 4.78 is 4.85. The van der Waals surface area contributed by atoms with Crippen LogP contribution in [0, 0.1) is 0 Å². The van der Waals surface area contributed by atoms with Crippen molar-refractivity contribution < 1.29 is 19.4 Å². The number of hydrogen-bond donors (Lipinski definition) is 1. The van der Waals surface area contributed by atoms with Crippen LogP contribution < -0.4 is 0 Å². The number of carbonyl (C=O) groups excluding carboxylic acids is 2. The molecule has 2 rings (SSSR count). The van der Waals surface area contributed by atoms with Gasteiger partial charge in [0.05, 0.1) is 0 Å². The highest BCUT2D eigenvalue weighted by Gasteiger charge is 2.48. The molecule has 5 nitrogen and oxygen atoms in total. The average molecular weight is 326 g/mol. The molecule has 1 unspecified atom stereocenters. The number of amides is 1. The molecule has 1 aliphatic carbocycles. The van der Waals surface area contributed by atoms with Crippen LogP contribution in [0.25, 0.3) is 0 Å². The predicted octanol–water partition coefficient (Wildman–Crippen LogP) is 3.09. The van der Waals surface area contributed by atoms with E-state index in [1.165, 1.54) is 18.9 Å². The summed E-state index contributed by atoms with van der Waals surface area (Å²) in [5.41, 5.74) is -0.533. The van der Waals surface area contributed by atoms with E-state index in [0.29, 0.717) is 23.4 Å². The molecule has 0 aliphatic heterocycles. The number of Topliss-reactive ketones (excluding diaryl/α,β-unsaturated/α-hetero) is 1. The van der Waals surface area contributed by atoms with Crippen LogP contribution in [0.15, 0.2) is 24.3 Å². The van der Waals surface area contributed by atoms with E-state index in [1.807, 2.05) is 0 Å². The summed E-state index contributed by atoms with van der Waals surface area (Å²) in [5, 5.41) is 9.70. The first kappa shape index (κ1) is 16.8. The van der Waals surface area contributed by atoms with Gasteiger partial charge in [-0.05, 0) is 32.3 Å². The minimum atomic E-state index is -1.24. The van der Waals surface area contributed by atoms with E-state index in [-0.39, 0.29) is 5.78 Å². The van der Waals surface area contributed by atoms with Crippen LogP contribution in [-0.2, 0) is 15.1 Å². The Balaban J connectivity index is 2.49. The van der Waals surface area contributed by atoms with E-state index < -0.39 is 17.9 Å². The molecule has 120 valence electrons.